The van der Waals surface area contributed by atoms with E-state index in [0.29, 0.717) is 6.07 Å². The van der Waals surface area contributed by atoms with E-state index in [0.717, 1.165) is 0 Å². The fourth-order valence-corrected chi connectivity index (χ4v) is 2.10. The lowest BCUT2D eigenvalue weighted by atomic mass is 10.2. The van der Waals surface area contributed by atoms with Crippen molar-refractivity contribution in [3.05, 3.63) is 21.7 Å². The Kier molecular flexibility index (Phi) is 3.48. The first-order valence-electron chi connectivity index (χ1n) is 3.82. The van der Waals surface area contributed by atoms with Crippen LogP contribution in [0.25, 0.3) is 0 Å². The molecule has 7 nitrogen and oxygen atoms in total. The Morgan fingerprint density at radius 2 is 2.06 bits per heavy atom. The first kappa shape index (κ1) is 13.5. The standard InChI is InChI=1S/C6H4ClF2N3O4S/c7-17(15,16)6-4(5(8)9)2(12(13)14)1-3(10)11-6/h1,5H,(H2,10,11). The number of nitrogens with two attached hydrogens (primary N) is 1. The number of hydrogen-bond acceptors (Lipinski definition) is 6. The molecule has 0 amide bonds. The van der Waals surface area contributed by atoms with E-state index in [2.05, 4.69) is 4.98 Å². The van der Waals surface area contributed by atoms with Crippen molar-refractivity contribution < 1.29 is 22.1 Å². The van der Waals surface area contributed by atoms with Gasteiger partial charge in [0.15, 0.2) is 5.03 Å². The molecule has 0 aliphatic carbocycles. The van der Waals surface area contributed by atoms with Crippen molar-refractivity contribution in [3.63, 3.8) is 0 Å². The van der Waals surface area contributed by atoms with Crippen molar-refractivity contribution in [1.29, 1.82) is 0 Å². The highest BCUT2D eigenvalue weighted by molar-refractivity contribution is 8.13. The molecule has 2 N–H and O–H groups in total. The molecule has 0 aliphatic heterocycles. The molecule has 0 saturated heterocycles. The first-order chi connectivity index (χ1) is 7.64. The lowest BCUT2D eigenvalue weighted by Gasteiger charge is -2.06. The summed E-state index contributed by atoms with van der Waals surface area (Å²) in [6.07, 6.45) is -3.42. The highest BCUT2D eigenvalue weighted by Gasteiger charge is 2.33. The van der Waals surface area contributed by atoms with Crippen LogP contribution in [0.3, 0.4) is 0 Å². The molecule has 1 aromatic heterocycles. The number of rotatable bonds is 3. The summed E-state index contributed by atoms with van der Waals surface area (Å²) in [7, 11) is 0.194. The summed E-state index contributed by atoms with van der Waals surface area (Å²) in [6, 6.07) is 0.535. The molecule has 1 heterocycles. The number of anilines is 1. The second-order valence-corrected chi connectivity index (χ2v) is 5.26. The van der Waals surface area contributed by atoms with Crippen molar-refractivity contribution in [2.24, 2.45) is 0 Å². The summed E-state index contributed by atoms with van der Waals surface area (Å²) < 4.78 is 47.2. The van der Waals surface area contributed by atoms with Crippen LogP contribution in [0.4, 0.5) is 20.3 Å². The van der Waals surface area contributed by atoms with Crippen molar-refractivity contribution >= 4 is 31.2 Å². The predicted octanol–water partition coefficient (Wildman–Crippen LogP) is 1.44. The van der Waals surface area contributed by atoms with Crippen LogP contribution in [-0.2, 0) is 9.05 Å². The van der Waals surface area contributed by atoms with Crippen molar-refractivity contribution in [1.82, 2.24) is 4.98 Å². The van der Waals surface area contributed by atoms with E-state index in [1.54, 1.807) is 0 Å². The zero-order chi connectivity index (χ0) is 13.4. The Morgan fingerprint density at radius 1 is 1.53 bits per heavy atom. The molecule has 94 valence electrons. The van der Waals surface area contributed by atoms with Crippen LogP contribution >= 0.6 is 10.7 Å². The maximum atomic E-state index is 12.6. The number of hydrogen-bond donors (Lipinski definition) is 1. The van der Waals surface area contributed by atoms with E-state index in [1.165, 1.54) is 0 Å². The van der Waals surface area contributed by atoms with Crippen LogP contribution in [0.1, 0.15) is 12.0 Å². The molecule has 0 radical (unpaired) electrons. The van der Waals surface area contributed by atoms with Crippen LogP contribution in [0, 0.1) is 10.1 Å². The summed E-state index contributed by atoms with van der Waals surface area (Å²) in [6.45, 7) is 0. The van der Waals surface area contributed by atoms with Crippen molar-refractivity contribution in [2.75, 3.05) is 5.73 Å². The Balaban J connectivity index is 3.77. The monoisotopic (exact) mass is 287 g/mol. The highest BCUT2D eigenvalue weighted by atomic mass is 35.7. The third kappa shape index (κ3) is 2.77. The molecule has 1 aromatic rings. The summed E-state index contributed by atoms with van der Waals surface area (Å²) in [5.74, 6) is -0.597. The maximum Gasteiger partial charge on any atom is 0.284 e. The van der Waals surface area contributed by atoms with Gasteiger partial charge >= 0.3 is 0 Å². The summed E-state index contributed by atoms with van der Waals surface area (Å²) >= 11 is 0. The van der Waals surface area contributed by atoms with Gasteiger partial charge in [0.1, 0.15) is 11.4 Å². The molecule has 0 spiro atoms. The van der Waals surface area contributed by atoms with Crippen molar-refractivity contribution in [3.8, 4) is 0 Å². The molecule has 1 rings (SSSR count). The normalized spacial score (nSPS) is 11.8. The number of nitro groups is 1. The third-order valence-electron chi connectivity index (χ3n) is 1.67. The maximum absolute atomic E-state index is 12.6. The molecule has 0 fully saturated rings. The second kappa shape index (κ2) is 4.37. The molecule has 0 saturated carbocycles. The minimum atomic E-state index is -4.66. The molecule has 17 heavy (non-hydrogen) atoms. The highest BCUT2D eigenvalue weighted by Crippen LogP contribution is 2.35. The van der Waals surface area contributed by atoms with Gasteiger partial charge in [0.2, 0.25) is 0 Å². The van der Waals surface area contributed by atoms with Crippen LogP contribution in [0.15, 0.2) is 11.1 Å². The van der Waals surface area contributed by atoms with E-state index in [1.807, 2.05) is 0 Å². The number of nitrogens with zero attached hydrogens (tertiary/aromatic N) is 2. The number of pyridine rings is 1. The zero-order valence-electron chi connectivity index (χ0n) is 7.80. The van der Waals surface area contributed by atoms with Crippen LogP contribution < -0.4 is 5.73 Å². The summed E-state index contributed by atoms with van der Waals surface area (Å²) in [5, 5.41) is 9.20. The molecule has 0 aromatic carbocycles. The van der Waals surface area contributed by atoms with E-state index in [-0.39, 0.29) is 0 Å². The third-order valence-corrected chi connectivity index (χ3v) is 2.88. The average molecular weight is 288 g/mol. The first-order valence-corrected chi connectivity index (χ1v) is 6.13. The average Bonchev–Trinajstić information content (AvgIpc) is 2.14. The van der Waals surface area contributed by atoms with Gasteiger partial charge in [-0.3, -0.25) is 10.1 Å². The molecular weight excluding hydrogens is 284 g/mol. The number of halogens is 3. The number of aromatic nitrogens is 1. The van der Waals surface area contributed by atoms with E-state index in [9.17, 15) is 27.3 Å². The Labute approximate surface area is 97.8 Å². The topological polar surface area (TPSA) is 116 Å². The van der Waals surface area contributed by atoms with Crippen molar-refractivity contribution in [2.45, 2.75) is 11.5 Å². The summed E-state index contributed by atoms with van der Waals surface area (Å²) in [5.41, 5.74) is 2.56. The smallest absolute Gasteiger partial charge is 0.284 e. The number of alkyl halides is 2. The largest absolute Gasteiger partial charge is 0.383 e. The molecule has 0 aliphatic rings. The van der Waals surface area contributed by atoms with Gasteiger partial charge in [-0.2, -0.15) is 0 Å². The minimum absolute atomic E-state index is 0.535. The Morgan fingerprint density at radius 3 is 2.41 bits per heavy atom. The molecular formula is C6H4ClF2N3O4S. The van der Waals surface area contributed by atoms with Crippen LogP contribution in [0.5, 0.6) is 0 Å². The predicted molar refractivity (Wildman–Crippen MR) is 53.3 cm³/mol. The quantitative estimate of drug-likeness (QED) is 0.511. The van der Waals surface area contributed by atoms with Gasteiger partial charge in [0, 0.05) is 10.7 Å². The van der Waals surface area contributed by atoms with Crippen LogP contribution in [-0.4, -0.2) is 18.3 Å². The Hall–Kier alpha value is -1.55. The molecule has 11 heteroatoms. The number of nitrogen functional groups attached to an aromatic ring is 1. The van der Waals surface area contributed by atoms with E-state index in [4.69, 9.17) is 16.4 Å². The zero-order valence-corrected chi connectivity index (χ0v) is 9.37. The van der Waals surface area contributed by atoms with Gasteiger partial charge < -0.3 is 5.73 Å². The van der Waals surface area contributed by atoms with Gasteiger partial charge in [0.25, 0.3) is 21.2 Å². The second-order valence-electron chi connectivity index (χ2n) is 2.78. The fraction of sp³-hybridized carbons (Fsp3) is 0.167. The lowest BCUT2D eigenvalue weighted by molar-refractivity contribution is -0.386. The lowest BCUT2D eigenvalue weighted by Crippen LogP contribution is -2.08. The fourth-order valence-electron chi connectivity index (χ4n) is 1.08. The van der Waals surface area contributed by atoms with E-state index >= 15 is 0 Å². The molecule has 0 atom stereocenters. The SMILES string of the molecule is Nc1cc([N+](=O)[O-])c(C(F)F)c(S(=O)(=O)Cl)n1. The van der Waals surface area contributed by atoms with E-state index < -0.39 is 42.5 Å². The molecule has 0 unspecified atom stereocenters. The van der Waals surface area contributed by atoms with Crippen LogP contribution in [0.2, 0.25) is 0 Å². The van der Waals surface area contributed by atoms with Gasteiger partial charge in [-0.25, -0.2) is 22.2 Å². The van der Waals surface area contributed by atoms with Gasteiger partial charge in [-0.15, -0.1) is 0 Å². The van der Waals surface area contributed by atoms with Gasteiger partial charge in [0.05, 0.1) is 11.0 Å². The Bertz CT molecular complexity index is 577. The van der Waals surface area contributed by atoms with Gasteiger partial charge in [-0.05, 0) is 0 Å². The summed E-state index contributed by atoms with van der Waals surface area (Å²) in [4.78, 5) is 12.4. The van der Waals surface area contributed by atoms with Gasteiger partial charge in [-0.1, -0.05) is 0 Å². The molecule has 0 bridgehead atoms. The minimum Gasteiger partial charge on any atom is -0.383 e.